The molecule has 0 aliphatic heterocycles. The molecule has 0 aromatic heterocycles. The Morgan fingerprint density at radius 1 is 0.526 bits per heavy atom. The first-order valence-corrected chi connectivity index (χ1v) is 16.4. The molecule has 38 heavy (non-hydrogen) atoms. The summed E-state index contributed by atoms with van der Waals surface area (Å²) < 4.78 is 31.6. The van der Waals surface area contributed by atoms with E-state index in [9.17, 15) is 0 Å². The SMILES string of the molecule is ISC(P(c1ccccc1)c1ccccc1)=[PH](c1ccccc1)c1ccccc1.[C-]#[O+].[C-]#[O+].[C-]#[O+].[C-]#[O+].[Mn]. The first-order chi connectivity index (χ1) is 18.4. The summed E-state index contributed by atoms with van der Waals surface area (Å²) in [5.74, 6) is 0. The molecule has 0 heterocycles. The van der Waals surface area contributed by atoms with Crippen LogP contribution in [0.15, 0.2) is 121 Å². The van der Waals surface area contributed by atoms with Crippen LogP contribution in [0, 0.1) is 26.6 Å². The fourth-order valence-electron chi connectivity index (χ4n) is 3.35. The molecule has 4 nitrogen and oxygen atoms in total. The smallest absolute Gasteiger partial charge is 0 e. The van der Waals surface area contributed by atoms with Gasteiger partial charge in [0, 0.05) is 42.6 Å². The first-order valence-electron chi connectivity index (χ1n) is 10.2. The van der Waals surface area contributed by atoms with E-state index in [2.05, 4.69) is 169 Å². The van der Waals surface area contributed by atoms with Crippen molar-refractivity contribution in [1.82, 2.24) is 0 Å². The van der Waals surface area contributed by atoms with Crippen LogP contribution in [0.3, 0.4) is 0 Å². The maximum absolute atomic E-state index is 7.50. The zero-order chi connectivity index (χ0) is 27.9. The Morgan fingerprint density at radius 2 is 0.789 bits per heavy atom. The second kappa shape index (κ2) is 25.4. The number of hydrogen-bond acceptors (Lipinski definition) is 1. The van der Waals surface area contributed by atoms with Gasteiger partial charge in [-0.2, -0.15) is 0 Å². The number of halogens is 1. The summed E-state index contributed by atoms with van der Waals surface area (Å²) in [4.78, 5) is 0. The third-order valence-electron chi connectivity index (χ3n) is 4.64. The van der Waals surface area contributed by atoms with Crippen LogP contribution in [0.1, 0.15) is 0 Å². The molecule has 0 N–H and O–H groups in total. The van der Waals surface area contributed by atoms with Gasteiger partial charge in [-0.25, -0.2) is 0 Å². The predicted molar refractivity (Wildman–Crippen MR) is 162 cm³/mol. The molecular formula is C29H21IMnO4P2S. The molecule has 0 unspecified atom stereocenters. The van der Waals surface area contributed by atoms with Crippen LogP contribution >= 0.6 is 45.6 Å². The summed E-state index contributed by atoms with van der Waals surface area (Å²) in [6, 6.07) is 44.2. The van der Waals surface area contributed by atoms with Gasteiger partial charge in [-0.15, -0.1) is 0 Å². The molecule has 191 valence electrons. The average Bonchev–Trinajstić information content (AvgIpc) is 3.03. The molecule has 4 rings (SSSR count). The second-order valence-electron chi connectivity index (χ2n) is 6.50. The maximum Gasteiger partial charge on any atom is 0 e. The van der Waals surface area contributed by atoms with Gasteiger partial charge in [-0.1, -0.05) is 130 Å². The van der Waals surface area contributed by atoms with Crippen molar-refractivity contribution in [2.45, 2.75) is 0 Å². The molecule has 1 radical (unpaired) electrons. The van der Waals surface area contributed by atoms with Crippen LogP contribution in [0.5, 0.6) is 0 Å². The Kier molecular flexibility index (Phi) is 25.7. The fraction of sp³-hybridized carbons (Fsp3) is 0. The van der Waals surface area contributed by atoms with Crippen LogP contribution in [-0.4, -0.2) is 4.37 Å². The van der Waals surface area contributed by atoms with E-state index in [-0.39, 0.29) is 17.1 Å². The molecule has 0 saturated carbocycles. The van der Waals surface area contributed by atoms with Crippen LogP contribution < -0.4 is 21.2 Å². The molecule has 4 aromatic rings. The average molecular weight is 709 g/mol. The summed E-state index contributed by atoms with van der Waals surface area (Å²) in [5.41, 5.74) is 0. The molecule has 0 amide bonds. The third kappa shape index (κ3) is 11.9. The molecule has 0 aliphatic rings. The van der Waals surface area contributed by atoms with Gasteiger partial charge in [0.25, 0.3) is 0 Å². The van der Waals surface area contributed by atoms with E-state index in [0.717, 1.165) is 0 Å². The monoisotopic (exact) mass is 709 g/mol. The number of benzene rings is 4. The molecule has 0 bridgehead atoms. The number of rotatable bonds is 6. The van der Waals surface area contributed by atoms with Crippen LogP contribution in [0.25, 0.3) is 0 Å². The number of hydrogen-bond donors (Lipinski definition) is 0. The van der Waals surface area contributed by atoms with E-state index in [1.807, 2.05) is 8.93 Å². The van der Waals surface area contributed by atoms with Crippen molar-refractivity contribution in [3.8, 4) is 0 Å². The second-order valence-corrected chi connectivity index (χ2v) is 14.0. The zero-order valence-corrected chi connectivity index (χ0v) is 25.8. The molecule has 4 aromatic carbocycles. The molecule has 9 heteroatoms. The van der Waals surface area contributed by atoms with Crippen molar-refractivity contribution < 1.29 is 35.7 Å². The van der Waals surface area contributed by atoms with E-state index >= 15 is 0 Å². The third-order valence-corrected chi connectivity index (χ3v) is 15.8. The van der Waals surface area contributed by atoms with E-state index in [1.165, 1.54) is 21.2 Å². The van der Waals surface area contributed by atoms with Gasteiger partial charge < -0.3 is 0 Å². The van der Waals surface area contributed by atoms with Gasteiger partial charge in [-0.05, 0) is 36.7 Å². The van der Waals surface area contributed by atoms with E-state index in [0.29, 0.717) is 0 Å². The van der Waals surface area contributed by atoms with Crippen LogP contribution in [-0.2, 0) is 35.7 Å². The first kappa shape index (κ1) is 38.3. The van der Waals surface area contributed by atoms with Crippen LogP contribution in [0.4, 0.5) is 0 Å². The largest absolute Gasteiger partial charge is 0 e. The Hall–Kier alpha value is -1.83. The Bertz CT molecular complexity index is 1160. The van der Waals surface area contributed by atoms with Gasteiger partial charge in [0.15, 0.2) is 0 Å². The minimum absolute atomic E-state index is 0. The Labute approximate surface area is 253 Å². The minimum Gasteiger partial charge on any atom is 0 e. The molecular weight excluding hydrogens is 688 g/mol. The molecule has 0 saturated heterocycles. The predicted octanol–water partition coefficient (Wildman–Crippen LogP) is 6.00. The molecule has 0 spiro atoms. The summed E-state index contributed by atoms with van der Waals surface area (Å²) in [6.45, 7) is 18.0. The summed E-state index contributed by atoms with van der Waals surface area (Å²) >= 11 is 2.51. The van der Waals surface area contributed by atoms with Gasteiger partial charge in [0.05, 0.1) is 0 Å². The van der Waals surface area contributed by atoms with Crippen molar-refractivity contribution in [2.24, 2.45) is 0 Å². The normalized spacial score (nSPS) is 8.61. The fourth-order valence-corrected chi connectivity index (χ4v) is 15.1. The summed E-state index contributed by atoms with van der Waals surface area (Å²) in [6.07, 6.45) is 0. The summed E-state index contributed by atoms with van der Waals surface area (Å²) in [5, 5.41) is 5.73. The van der Waals surface area contributed by atoms with Crippen molar-refractivity contribution in [1.29, 1.82) is 0 Å². The van der Waals surface area contributed by atoms with E-state index in [4.69, 9.17) is 18.6 Å². The molecule has 0 fully saturated rings. The molecule has 0 aliphatic carbocycles. The van der Waals surface area contributed by atoms with Crippen molar-refractivity contribution in [2.75, 3.05) is 0 Å². The van der Waals surface area contributed by atoms with Crippen molar-refractivity contribution >= 4 is 71.2 Å². The topological polar surface area (TPSA) is 79.6 Å². The maximum atomic E-state index is 7.50. The Balaban J connectivity index is 0. The van der Waals surface area contributed by atoms with Crippen molar-refractivity contribution in [3.05, 3.63) is 148 Å². The molecule has 0 atom stereocenters. The zero-order valence-electron chi connectivity index (χ0n) is 19.8. The van der Waals surface area contributed by atoms with E-state index in [1.54, 1.807) is 4.37 Å². The Morgan fingerprint density at radius 3 is 1.05 bits per heavy atom. The van der Waals surface area contributed by atoms with Crippen molar-refractivity contribution in [3.63, 3.8) is 0 Å². The van der Waals surface area contributed by atoms with Gasteiger partial charge in [0.1, 0.15) is 0 Å². The van der Waals surface area contributed by atoms with Gasteiger partial charge >= 0.3 is 45.2 Å². The van der Waals surface area contributed by atoms with E-state index < -0.39 is 15.5 Å². The van der Waals surface area contributed by atoms with Gasteiger partial charge in [0.2, 0.25) is 0 Å². The minimum atomic E-state index is -1.08. The van der Waals surface area contributed by atoms with Gasteiger partial charge in [-0.3, -0.25) is 0 Å². The van der Waals surface area contributed by atoms with Crippen LogP contribution in [0.2, 0.25) is 0 Å². The quantitative estimate of drug-likeness (QED) is 0.0796. The standard InChI is InChI=1S/C25H21IP2S.4CO.Mn/c26-29-25(27(21-13-5-1-6-14-21)22-15-7-2-8-16-22)28(23-17-9-3-10-18-23)24-19-11-4-12-20-24;4*1-2;/h1-20,27H;;;;;. The summed E-state index contributed by atoms with van der Waals surface area (Å²) in [7, 11) is 0.262.